The zero-order valence-corrected chi connectivity index (χ0v) is 13.3. The van der Waals surface area contributed by atoms with Gasteiger partial charge in [-0.15, -0.1) is 0 Å². The summed E-state index contributed by atoms with van der Waals surface area (Å²) in [6, 6.07) is 9.23. The molecular weight excluding hydrogens is 284 g/mol. The monoisotopic (exact) mass is 308 g/mol. The largest absolute Gasteiger partial charge is 0.395 e. The van der Waals surface area contributed by atoms with Crippen LogP contribution in [-0.4, -0.2) is 53.2 Å². The third kappa shape index (κ3) is 3.78. The molecule has 2 fully saturated rings. The van der Waals surface area contributed by atoms with Crippen LogP contribution in [0.1, 0.15) is 31.2 Å². The van der Waals surface area contributed by atoms with Crippen LogP contribution in [0.3, 0.4) is 0 Å². The van der Waals surface area contributed by atoms with Crippen LogP contribution in [0.15, 0.2) is 24.3 Å². The number of hydrogen-bond acceptors (Lipinski definition) is 3. The molecule has 21 heavy (non-hydrogen) atoms. The van der Waals surface area contributed by atoms with Crippen molar-refractivity contribution in [2.75, 3.05) is 26.2 Å². The van der Waals surface area contributed by atoms with Crippen molar-refractivity contribution in [2.24, 2.45) is 0 Å². The van der Waals surface area contributed by atoms with Crippen LogP contribution in [0.5, 0.6) is 0 Å². The third-order valence-electron chi connectivity index (χ3n) is 4.95. The summed E-state index contributed by atoms with van der Waals surface area (Å²) < 4.78 is 0. The molecule has 0 radical (unpaired) electrons. The Morgan fingerprint density at radius 3 is 2.38 bits per heavy atom. The quantitative estimate of drug-likeness (QED) is 0.906. The standard InChI is InChI=1S/C17H25ClN2O/c18-15-7-5-14(6-8-15)11-19-9-1-3-16(19)12-20-10-2-4-17(20)13-21/h5-8,16-17,21H,1-4,9-13H2. The van der Waals surface area contributed by atoms with Gasteiger partial charge in [-0.05, 0) is 56.5 Å². The number of likely N-dealkylation sites (tertiary alicyclic amines) is 2. The lowest BCUT2D eigenvalue weighted by molar-refractivity contribution is 0.120. The zero-order chi connectivity index (χ0) is 14.7. The average molecular weight is 309 g/mol. The van der Waals surface area contributed by atoms with E-state index in [0.717, 1.165) is 31.1 Å². The van der Waals surface area contributed by atoms with Crippen molar-refractivity contribution >= 4 is 11.6 Å². The maximum atomic E-state index is 9.47. The van der Waals surface area contributed by atoms with Crippen LogP contribution in [0, 0.1) is 0 Å². The lowest BCUT2D eigenvalue weighted by atomic mass is 10.1. The van der Waals surface area contributed by atoms with Crippen LogP contribution < -0.4 is 0 Å². The highest BCUT2D eigenvalue weighted by Crippen LogP contribution is 2.25. The smallest absolute Gasteiger partial charge is 0.0586 e. The summed E-state index contributed by atoms with van der Waals surface area (Å²) in [5.41, 5.74) is 1.34. The van der Waals surface area contributed by atoms with Gasteiger partial charge >= 0.3 is 0 Å². The van der Waals surface area contributed by atoms with Gasteiger partial charge in [0, 0.05) is 30.2 Å². The minimum atomic E-state index is 0.309. The van der Waals surface area contributed by atoms with Gasteiger partial charge in [-0.3, -0.25) is 9.80 Å². The van der Waals surface area contributed by atoms with E-state index in [2.05, 4.69) is 21.9 Å². The molecule has 0 bridgehead atoms. The summed E-state index contributed by atoms with van der Waals surface area (Å²) >= 11 is 5.96. The molecule has 0 spiro atoms. The molecule has 3 nitrogen and oxygen atoms in total. The fraction of sp³-hybridized carbons (Fsp3) is 0.647. The number of nitrogens with zero attached hydrogens (tertiary/aromatic N) is 2. The second kappa shape index (κ2) is 7.10. The Hall–Kier alpha value is -0.610. The van der Waals surface area contributed by atoms with E-state index in [-0.39, 0.29) is 0 Å². The average Bonchev–Trinajstić information content (AvgIpc) is 3.11. The molecule has 2 unspecified atom stereocenters. The van der Waals surface area contributed by atoms with Crippen molar-refractivity contribution in [3.8, 4) is 0 Å². The molecular formula is C17H25ClN2O. The normalized spacial score (nSPS) is 27.5. The number of rotatable bonds is 5. The molecule has 116 valence electrons. The van der Waals surface area contributed by atoms with Crippen molar-refractivity contribution in [2.45, 2.75) is 44.3 Å². The van der Waals surface area contributed by atoms with E-state index in [4.69, 9.17) is 11.6 Å². The fourth-order valence-corrected chi connectivity index (χ4v) is 3.87. The first-order valence-electron chi connectivity index (χ1n) is 8.09. The highest BCUT2D eigenvalue weighted by molar-refractivity contribution is 6.30. The van der Waals surface area contributed by atoms with Gasteiger partial charge in [-0.25, -0.2) is 0 Å². The molecule has 0 aliphatic carbocycles. The second-order valence-corrected chi connectivity index (χ2v) is 6.80. The van der Waals surface area contributed by atoms with E-state index in [9.17, 15) is 5.11 Å². The van der Waals surface area contributed by atoms with Gasteiger partial charge in [-0.1, -0.05) is 23.7 Å². The van der Waals surface area contributed by atoms with Crippen LogP contribution >= 0.6 is 11.6 Å². The Morgan fingerprint density at radius 1 is 1.00 bits per heavy atom. The van der Waals surface area contributed by atoms with E-state index >= 15 is 0 Å². The molecule has 2 aliphatic heterocycles. The van der Waals surface area contributed by atoms with Gasteiger partial charge in [0.15, 0.2) is 0 Å². The summed E-state index contributed by atoms with van der Waals surface area (Å²) in [6.07, 6.45) is 4.95. The molecule has 0 aromatic heterocycles. The third-order valence-corrected chi connectivity index (χ3v) is 5.21. The zero-order valence-electron chi connectivity index (χ0n) is 12.5. The first-order valence-corrected chi connectivity index (χ1v) is 8.47. The number of aliphatic hydroxyl groups excluding tert-OH is 1. The Bertz CT molecular complexity index is 451. The Balaban J connectivity index is 1.58. The summed E-state index contributed by atoms with van der Waals surface area (Å²) in [4.78, 5) is 5.08. The molecule has 2 aliphatic rings. The van der Waals surface area contributed by atoms with E-state index < -0.39 is 0 Å². The maximum Gasteiger partial charge on any atom is 0.0586 e. The molecule has 2 atom stereocenters. The van der Waals surface area contributed by atoms with Crippen LogP contribution in [0.2, 0.25) is 5.02 Å². The van der Waals surface area contributed by atoms with Gasteiger partial charge < -0.3 is 5.11 Å². The van der Waals surface area contributed by atoms with Crippen molar-refractivity contribution in [1.29, 1.82) is 0 Å². The SMILES string of the molecule is OCC1CCCN1CC1CCCN1Cc1ccc(Cl)cc1. The van der Waals surface area contributed by atoms with E-state index in [1.807, 2.05) is 12.1 Å². The molecule has 0 amide bonds. The van der Waals surface area contributed by atoms with Crippen LogP contribution in [0.25, 0.3) is 0 Å². The Morgan fingerprint density at radius 2 is 1.67 bits per heavy atom. The maximum absolute atomic E-state index is 9.47. The van der Waals surface area contributed by atoms with Crippen LogP contribution in [-0.2, 0) is 6.54 Å². The highest BCUT2D eigenvalue weighted by Gasteiger charge is 2.31. The highest BCUT2D eigenvalue weighted by atomic mass is 35.5. The molecule has 1 aromatic rings. The van der Waals surface area contributed by atoms with Gasteiger partial charge in [0.2, 0.25) is 0 Å². The molecule has 0 saturated carbocycles. The van der Waals surface area contributed by atoms with Gasteiger partial charge in [-0.2, -0.15) is 0 Å². The van der Waals surface area contributed by atoms with Crippen molar-refractivity contribution < 1.29 is 5.11 Å². The van der Waals surface area contributed by atoms with Crippen molar-refractivity contribution in [3.05, 3.63) is 34.9 Å². The Labute approximate surface area is 132 Å². The summed E-state index contributed by atoms with van der Waals surface area (Å²) in [7, 11) is 0. The van der Waals surface area contributed by atoms with Gasteiger partial charge in [0.25, 0.3) is 0 Å². The molecule has 3 rings (SSSR count). The molecule has 2 heterocycles. The predicted octanol–water partition coefficient (Wildman–Crippen LogP) is 2.76. The van der Waals surface area contributed by atoms with Gasteiger partial charge in [0.1, 0.15) is 0 Å². The summed E-state index contributed by atoms with van der Waals surface area (Å²) in [5.74, 6) is 0. The topological polar surface area (TPSA) is 26.7 Å². The van der Waals surface area contributed by atoms with E-state index in [0.29, 0.717) is 18.7 Å². The van der Waals surface area contributed by atoms with Crippen molar-refractivity contribution in [3.63, 3.8) is 0 Å². The molecule has 2 saturated heterocycles. The van der Waals surface area contributed by atoms with Crippen molar-refractivity contribution in [1.82, 2.24) is 9.80 Å². The number of aliphatic hydroxyl groups is 1. The van der Waals surface area contributed by atoms with E-state index in [1.165, 1.54) is 31.4 Å². The minimum Gasteiger partial charge on any atom is -0.395 e. The fourth-order valence-electron chi connectivity index (χ4n) is 3.75. The second-order valence-electron chi connectivity index (χ2n) is 6.37. The lowest BCUT2D eigenvalue weighted by Gasteiger charge is -2.31. The van der Waals surface area contributed by atoms with Crippen LogP contribution in [0.4, 0.5) is 0 Å². The molecule has 1 aromatic carbocycles. The predicted molar refractivity (Wildman–Crippen MR) is 86.6 cm³/mol. The number of benzene rings is 1. The lowest BCUT2D eigenvalue weighted by Crippen LogP contribution is -2.43. The first-order chi connectivity index (χ1) is 10.3. The number of hydrogen-bond donors (Lipinski definition) is 1. The Kier molecular flexibility index (Phi) is 5.17. The summed E-state index contributed by atoms with van der Waals surface area (Å²) in [6.45, 7) is 4.77. The molecule has 4 heteroatoms. The van der Waals surface area contributed by atoms with E-state index in [1.54, 1.807) is 0 Å². The minimum absolute atomic E-state index is 0.309. The number of halogens is 1. The van der Waals surface area contributed by atoms with Gasteiger partial charge in [0.05, 0.1) is 6.61 Å². The summed E-state index contributed by atoms with van der Waals surface area (Å²) in [5, 5.41) is 10.3. The molecule has 1 N–H and O–H groups in total. The first kappa shape index (κ1) is 15.3.